The van der Waals surface area contributed by atoms with E-state index < -0.39 is 0 Å². The number of rotatable bonds is 6. The van der Waals surface area contributed by atoms with E-state index in [0.717, 1.165) is 27.7 Å². The van der Waals surface area contributed by atoms with Gasteiger partial charge in [0, 0.05) is 23.0 Å². The van der Waals surface area contributed by atoms with Gasteiger partial charge in [-0.2, -0.15) is 0 Å². The van der Waals surface area contributed by atoms with Crippen LogP contribution in [0.4, 0.5) is 16.4 Å². The number of hydrogen-bond donors (Lipinski definition) is 0. The predicted octanol–water partition coefficient (Wildman–Crippen LogP) is 11.0. The molecule has 0 amide bonds. The van der Waals surface area contributed by atoms with E-state index >= 15 is 0 Å². The van der Waals surface area contributed by atoms with Gasteiger partial charge in [-0.3, -0.25) is 4.57 Å². The van der Waals surface area contributed by atoms with Gasteiger partial charge >= 0.3 is 0 Å². The summed E-state index contributed by atoms with van der Waals surface area (Å²) >= 11 is 1.82. The molecule has 8 aromatic rings. The lowest BCUT2D eigenvalue weighted by molar-refractivity contribution is 1.08. The minimum Gasteiger partial charge on any atom is -0.302 e. The highest BCUT2D eigenvalue weighted by Crippen LogP contribution is 2.46. The second-order valence-electron chi connectivity index (χ2n) is 10.5. The first kappa shape index (κ1) is 25.3. The largest absolute Gasteiger partial charge is 0.302 e. The minimum atomic E-state index is 0.920. The van der Waals surface area contributed by atoms with Crippen LogP contribution in [0.5, 0.6) is 0 Å². The lowest BCUT2D eigenvalue weighted by Gasteiger charge is -2.24. The maximum atomic E-state index is 4.72. The summed E-state index contributed by atoms with van der Waals surface area (Å²) in [4.78, 5) is 7.09. The van der Waals surface area contributed by atoms with Crippen LogP contribution in [0.2, 0.25) is 0 Å². The predicted molar refractivity (Wildman–Crippen MR) is 182 cm³/mol. The molecule has 0 radical (unpaired) electrons. The van der Waals surface area contributed by atoms with E-state index in [9.17, 15) is 0 Å². The molecule has 0 saturated carbocycles. The summed E-state index contributed by atoms with van der Waals surface area (Å²) in [6, 6.07) is 55.8. The van der Waals surface area contributed by atoms with Crippen molar-refractivity contribution in [3.63, 3.8) is 0 Å². The van der Waals surface area contributed by atoms with Gasteiger partial charge in [0.25, 0.3) is 0 Å². The monoisotopic (exact) mass is 569 g/mol. The van der Waals surface area contributed by atoms with Crippen LogP contribution in [0.25, 0.3) is 49.2 Å². The topological polar surface area (TPSA) is 21.1 Å². The molecule has 0 unspecified atom stereocenters. The van der Waals surface area contributed by atoms with Crippen molar-refractivity contribution < 1.29 is 0 Å². The first-order chi connectivity index (χ1) is 21.3. The van der Waals surface area contributed by atoms with Crippen molar-refractivity contribution in [1.82, 2.24) is 9.55 Å². The minimum absolute atomic E-state index is 0.920. The lowest BCUT2D eigenvalue weighted by atomic mass is 10.0. The highest BCUT2D eigenvalue weighted by molar-refractivity contribution is 7.24. The summed E-state index contributed by atoms with van der Waals surface area (Å²) in [6.45, 7) is 0. The first-order valence-corrected chi connectivity index (χ1v) is 15.2. The molecule has 4 heteroatoms. The van der Waals surface area contributed by atoms with Crippen LogP contribution in [0.3, 0.4) is 0 Å². The quantitative estimate of drug-likeness (QED) is 0.199. The zero-order valence-electron chi connectivity index (χ0n) is 23.3. The van der Waals surface area contributed by atoms with Crippen LogP contribution in [0, 0.1) is 0 Å². The Morgan fingerprint density at radius 1 is 0.488 bits per heavy atom. The lowest BCUT2D eigenvalue weighted by Crippen LogP contribution is -2.08. The van der Waals surface area contributed by atoms with Crippen LogP contribution >= 0.6 is 11.3 Å². The highest BCUT2D eigenvalue weighted by atomic mass is 32.1. The summed E-state index contributed by atoms with van der Waals surface area (Å²) in [5, 5.41) is 2.39. The number of fused-ring (bicyclic) bond motifs is 3. The molecular formula is C39H27N3S. The Bertz CT molecular complexity index is 2060. The molecule has 0 aliphatic carbocycles. The maximum Gasteiger partial charge on any atom is 0.137 e. The van der Waals surface area contributed by atoms with Gasteiger partial charge in [0.2, 0.25) is 0 Å². The van der Waals surface area contributed by atoms with E-state index in [2.05, 4.69) is 155 Å². The van der Waals surface area contributed by atoms with Crippen molar-refractivity contribution in [2.45, 2.75) is 0 Å². The number of nitrogens with zero attached hydrogens (tertiary/aromatic N) is 3. The molecule has 3 aromatic heterocycles. The van der Waals surface area contributed by atoms with Gasteiger partial charge in [0.1, 0.15) is 10.8 Å². The molecule has 0 aliphatic heterocycles. The Morgan fingerprint density at radius 2 is 1.02 bits per heavy atom. The number of benzene rings is 5. The molecule has 0 aliphatic rings. The molecule has 8 rings (SSSR count). The Labute approximate surface area is 254 Å². The smallest absolute Gasteiger partial charge is 0.137 e. The second-order valence-corrected chi connectivity index (χ2v) is 11.5. The molecule has 0 atom stereocenters. The van der Waals surface area contributed by atoms with Crippen LogP contribution in [-0.4, -0.2) is 9.55 Å². The van der Waals surface area contributed by atoms with Crippen LogP contribution < -0.4 is 4.90 Å². The van der Waals surface area contributed by atoms with Gasteiger partial charge in [-0.05, 0) is 70.8 Å². The molecule has 0 spiro atoms. The fourth-order valence-corrected chi connectivity index (χ4v) is 7.05. The molecule has 0 saturated heterocycles. The van der Waals surface area contributed by atoms with Gasteiger partial charge in [-0.15, -0.1) is 11.3 Å². The fourth-order valence-electron chi connectivity index (χ4n) is 5.83. The van der Waals surface area contributed by atoms with E-state index in [0.29, 0.717) is 0 Å². The Morgan fingerprint density at radius 3 is 1.60 bits per heavy atom. The SMILES string of the molecule is c1ccc(-c2ccc(N(c3ccc(-c4ccccc4)cc3)c3cc4c(s3)c3ccccc3n4-c3ccccn3)cc2)cc1. The normalized spacial score (nSPS) is 11.3. The van der Waals surface area contributed by atoms with E-state index in [1.165, 1.54) is 37.9 Å². The number of pyridine rings is 1. The third kappa shape index (κ3) is 4.58. The average Bonchev–Trinajstić information content (AvgIpc) is 3.64. The van der Waals surface area contributed by atoms with Gasteiger partial charge in [-0.1, -0.05) is 109 Å². The Hall–Kier alpha value is -5.45. The summed E-state index contributed by atoms with van der Waals surface area (Å²) in [5.74, 6) is 0.920. The maximum absolute atomic E-state index is 4.72. The van der Waals surface area contributed by atoms with E-state index in [4.69, 9.17) is 4.98 Å². The second kappa shape index (κ2) is 10.8. The van der Waals surface area contributed by atoms with E-state index in [1.807, 2.05) is 29.7 Å². The highest BCUT2D eigenvalue weighted by Gasteiger charge is 2.21. The molecule has 3 heterocycles. The molecule has 0 N–H and O–H groups in total. The van der Waals surface area contributed by atoms with Gasteiger partial charge < -0.3 is 4.90 Å². The molecule has 0 bridgehead atoms. The van der Waals surface area contributed by atoms with Crippen molar-refractivity contribution in [2.75, 3.05) is 4.90 Å². The number of thiophene rings is 1. The van der Waals surface area contributed by atoms with E-state index in [-0.39, 0.29) is 0 Å². The van der Waals surface area contributed by atoms with E-state index in [1.54, 1.807) is 0 Å². The zero-order chi connectivity index (χ0) is 28.6. The molecule has 0 fully saturated rings. The number of para-hydroxylation sites is 1. The first-order valence-electron chi connectivity index (χ1n) is 14.4. The molecular weight excluding hydrogens is 543 g/mol. The van der Waals surface area contributed by atoms with Crippen molar-refractivity contribution >= 4 is 48.8 Å². The third-order valence-electron chi connectivity index (χ3n) is 7.89. The summed E-state index contributed by atoms with van der Waals surface area (Å²) in [7, 11) is 0. The van der Waals surface area contributed by atoms with Crippen molar-refractivity contribution in [2.24, 2.45) is 0 Å². The Balaban J connectivity index is 1.29. The Kier molecular flexibility index (Phi) is 6.32. The number of anilines is 3. The molecule has 3 nitrogen and oxygen atoms in total. The van der Waals surface area contributed by atoms with Crippen molar-refractivity contribution in [3.8, 4) is 28.1 Å². The fraction of sp³-hybridized carbons (Fsp3) is 0. The van der Waals surface area contributed by atoms with Crippen molar-refractivity contribution in [3.05, 3.63) is 164 Å². The third-order valence-corrected chi connectivity index (χ3v) is 9.04. The van der Waals surface area contributed by atoms with Crippen LogP contribution in [0.1, 0.15) is 0 Å². The van der Waals surface area contributed by atoms with Crippen LogP contribution in [-0.2, 0) is 0 Å². The van der Waals surface area contributed by atoms with Gasteiger partial charge in [0.05, 0.1) is 15.7 Å². The number of hydrogen-bond acceptors (Lipinski definition) is 3. The molecule has 204 valence electrons. The standard InChI is InChI=1S/C39H27N3S/c1-3-11-28(12-4-1)30-18-22-32(23-19-30)41(33-24-20-31(21-25-33)29-13-5-2-6-14-29)38-27-36-39(43-38)34-15-7-8-16-35(34)42(36)37-17-9-10-26-40-37/h1-27H. The van der Waals surface area contributed by atoms with Gasteiger partial charge in [0.15, 0.2) is 0 Å². The van der Waals surface area contributed by atoms with Crippen molar-refractivity contribution in [1.29, 1.82) is 0 Å². The molecule has 43 heavy (non-hydrogen) atoms. The van der Waals surface area contributed by atoms with Crippen LogP contribution in [0.15, 0.2) is 164 Å². The zero-order valence-corrected chi connectivity index (χ0v) is 24.2. The molecule has 5 aromatic carbocycles. The van der Waals surface area contributed by atoms with Gasteiger partial charge in [-0.25, -0.2) is 4.98 Å². The summed E-state index contributed by atoms with van der Waals surface area (Å²) in [6.07, 6.45) is 1.86. The summed E-state index contributed by atoms with van der Waals surface area (Å²) < 4.78 is 3.53. The summed E-state index contributed by atoms with van der Waals surface area (Å²) in [5.41, 5.74) is 9.39. The number of aromatic nitrogens is 2. The average molecular weight is 570 g/mol.